The van der Waals surface area contributed by atoms with Gasteiger partial charge in [0.05, 0.1) is 12.3 Å². The fourth-order valence-electron chi connectivity index (χ4n) is 2.56. The summed E-state index contributed by atoms with van der Waals surface area (Å²) in [6.07, 6.45) is 0. The van der Waals surface area contributed by atoms with Crippen molar-refractivity contribution in [3.05, 3.63) is 54.1 Å². The maximum Gasteiger partial charge on any atom is 0.336 e. The third-order valence-electron chi connectivity index (χ3n) is 4.22. The molecule has 1 heterocycles. The summed E-state index contributed by atoms with van der Waals surface area (Å²) in [5, 5.41) is 7.42. The SMILES string of the molecule is CCOc1nc(-c2ccc(C)cc2)n(-c2ccc(NC(=O)C(C)(C)C)cc2)n1. The van der Waals surface area contributed by atoms with Crippen LogP contribution in [0.5, 0.6) is 6.01 Å². The van der Waals surface area contributed by atoms with E-state index < -0.39 is 5.41 Å². The molecule has 6 nitrogen and oxygen atoms in total. The minimum Gasteiger partial charge on any atom is -0.463 e. The van der Waals surface area contributed by atoms with Gasteiger partial charge in [0, 0.05) is 16.7 Å². The number of aryl methyl sites for hydroxylation is 1. The molecule has 3 aromatic rings. The molecule has 0 saturated carbocycles. The quantitative estimate of drug-likeness (QED) is 0.703. The Kier molecular flexibility index (Phi) is 5.49. The first-order valence-electron chi connectivity index (χ1n) is 9.36. The number of anilines is 1. The Hall–Kier alpha value is -3.15. The molecule has 146 valence electrons. The minimum absolute atomic E-state index is 0.0278. The molecule has 0 saturated heterocycles. The van der Waals surface area contributed by atoms with Gasteiger partial charge in [0.2, 0.25) is 5.91 Å². The Bertz CT molecular complexity index is 952. The van der Waals surface area contributed by atoms with Crippen molar-refractivity contribution in [2.45, 2.75) is 34.6 Å². The van der Waals surface area contributed by atoms with Crippen LogP contribution in [0.4, 0.5) is 5.69 Å². The molecule has 3 rings (SSSR count). The number of aromatic nitrogens is 3. The second kappa shape index (κ2) is 7.84. The van der Waals surface area contributed by atoms with Gasteiger partial charge in [0.25, 0.3) is 0 Å². The molecular formula is C22H26N4O2. The van der Waals surface area contributed by atoms with E-state index in [2.05, 4.69) is 15.4 Å². The van der Waals surface area contributed by atoms with Gasteiger partial charge in [0.15, 0.2) is 5.82 Å². The highest BCUT2D eigenvalue weighted by molar-refractivity contribution is 5.94. The van der Waals surface area contributed by atoms with Gasteiger partial charge in [-0.25, -0.2) is 4.68 Å². The average Bonchev–Trinajstić information content (AvgIpc) is 3.06. The Balaban J connectivity index is 1.94. The zero-order valence-electron chi connectivity index (χ0n) is 17.0. The van der Waals surface area contributed by atoms with Crippen LogP contribution in [0.25, 0.3) is 17.1 Å². The van der Waals surface area contributed by atoms with Gasteiger partial charge in [-0.3, -0.25) is 4.79 Å². The van der Waals surface area contributed by atoms with Gasteiger partial charge in [-0.05, 0) is 38.1 Å². The summed E-state index contributed by atoms with van der Waals surface area (Å²) < 4.78 is 7.26. The molecule has 0 atom stereocenters. The van der Waals surface area contributed by atoms with Crippen molar-refractivity contribution in [2.75, 3.05) is 11.9 Å². The maximum absolute atomic E-state index is 12.2. The highest BCUT2D eigenvalue weighted by Gasteiger charge is 2.21. The lowest BCUT2D eigenvalue weighted by molar-refractivity contribution is -0.123. The zero-order valence-corrected chi connectivity index (χ0v) is 17.0. The van der Waals surface area contributed by atoms with Crippen molar-refractivity contribution in [1.29, 1.82) is 0 Å². The number of benzene rings is 2. The molecule has 1 amide bonds. The number of ether oxygens (including phenoxy) is 1. The number of rotatable bonds is 5. The van der Waals surface area contributed by atoms with Crippen LogP contribution in [0.15, 0.2) is 48.5 Å². The smallest absolute Gasteiger partial charge is 0.336 e. The molecule has 0 aliphatic heterocycles. The lowest BCUT2D eigenvalue weighted by Gasteiger charge is -2.17. The summed E-state index contributed by atoms with van der Waals surface area (Å²) in [7, 11) is 0. The summed E-state index contributed by atoms with van der Waals surface area (Å²) >= 11 is 0. The molecule has 1 N–H and O–H groups in total. The maximum atomic E-state index is 12.2. The second-order valence-electron chi connectivity index (χ2n) is 7.68. The lowest BCUT2D eigenvalue weighted by atomic mass is 9.95. The third kappa shape index (κ3) is 4.39. The number of nitrogens with zero attached hydrogens (tertiary/aromatic N) is 3. The lowest BCUT2D eigenvalue weighted by Crippen LogP contribution is -2.27. The molecule has 0 radical (unpaired) electrons. The number of carbonyl (C=O) groups is 1. The first kappa shape index (κ1) is 19.6. The van der Waals surface area contributed by atoms with E-state index in [4.69, 9.17) is 4.74 Å². The summed E-state index contributed by atoms with van der Waals surface area (Å²) in [5.74, 6) is 0.676. The van der Waals surface area contributed by atoms with Gasteiger partial charge < -0.3 is 10.1 Å². The topological polar surface area (TPSA) is 69.0 Å². The Labute approximate surface area is 165 Å². The van der Waals surface area contributed by atoms with Crippen molar-refractivity contribution in [2.24, 2.45) is 5.41 Å². The standard InChI is InChI=1S/C22H26N4O2/c1-6-28-21-24-19(16-9-7-15(2)8-10-16)26(25-21)18-13-11-17(12-14-18)23-20(27)22(3,4)5/h7-14H,6H2,1-5H3,(H,23,27). The van der Waals surface area contributed by atoms with Crippen LogP contribution in [-0.4, -0.2) is 27.3 Å². The van der Waals surface area contributed by atoms with E-state index in [0.717, 1.165) is 16.9 Å². The number of nitrogens with one attached hydrogen (secondary N) is 1. The van der Waals surface area contributed by atoms with E-state index in [1.807, 2.05) is 83.1 Å². The van der Waals surface area contributed by atoms with E-state index in [1.165, 1.54) is 5.56 Å². The molecule has 0 fully saturated rings. The van der Waals surface area contributed by atoms with Crippen molar-refractivity contribution in [1.82, 2.24) is 14.8 Å². The molecule has 0 aliphatic rings. The minimum atomic E-state index is -0.449. The fraction of sp³-hybridized carbons (Fsp3) is 0.318. The normalized spacial score (nSPS) is 11.3. The van der Waals surface area contributed by atoms with Crippen LogP contribution >= 0.6 is 0 Å². The Morgan fingerprint density at radius 3 is 2.29 bits per heavy atom. The van der Waals surface area contributed by atoms with Gasteiger partial charge >= 0.3 is 6.01 Å². The summed E-state index contributed by atoms with van der Waals surface area (Å²) in [6.45, 7) is 10.1. The zero-order chi connectivity index (χ0) is 20.3. The van der Waals surface area contributed by atoms with Crippen molar-refractivity contribution in [3.63, 3.8) is 0 Å². The number of hydrogen-bond acceptors (Lipinski definition) is 4. The molecule has 1 aromatic heterocycles. The van der Waals surface area contributed by atoms with Crippen LogP contribution in [0, 0.1) is 12.3 Å². The summed E-state index contributed by atoms with van der Waals surface area (Å²) in [6, 6.07) is 16.0. The molecule has 28 heavy (non-hydrogen) atoms. The molecule has 0 spiro atoms. The summed E-state index contributed by atoms with van der Waals surface area (Å²) in [4.78, 5) is 16.7. The molecule has 0 unspecified atom stereocenters. The largest absolute Gasteiger partial charge is 0.463 e. The van der Waals surface area contributed by atoms with E-state index in [0.29, 0.717) is 18.4 Å². The highest BCUT2D eigenvalue weighted by Crippen LogP contribution is 2.25. The van der Waals surface area contributed by atoms with Crippen LogP contribution < -0.4 is 10.1 Å². The molecule has 2 aromatic carbocycles. The number of carbonyl (C=O) groups excluding carboxylic acids is 1. The molecule has 6 heteroatoms. The van der Waals surface area contributed by atoms with Crippen molar-refractivity contribution >= 4 is 11.6 Å². The first-order valence-corrected chi connectivity index (χ1v) is 9.36. The Morgan fingerprint density at radius 1 is 1.07 bits per heavy atom. The average molecular weight is 378 g/mol. The van der Waals surface area contributed by atoms with E-state index in [-0.39, 0.29) is 5.91 Å². The Morgan fingerprint density at radius 2 is 1.71 bits per heavy atom. The molecule has 0 bridgehead atoms. The van der Waals surface area contributed by atoms with Crippen molar-refractivity contribution < 1.29 is 9.53 Å². The van der Waals surface area contributed by atoms with Gasteiger partial charge in [0.1, 0.15) is 0 Å². The predicted molar refractivity (Wildman–Crippen MR) is 111 cm³/mol. The van der Waals surface area contributed by atoms with E-state index in [9.17, 15) is 4.79 Å². The van der Waals surface area contributed by atoms with Crippen LogP contribution in [-0.2, 0) is 4.79 Å². The third-order valence-corrected chi connectivity index (χ3v) is 4.22. The van der Waals surface area contributed by atoms with Crippen LogP contribution in [0.2, 0.25) is 0 Å². The highest BCUT2D eigenvalue weighted by atomic mass is 16.5. The van der Waals surface area contributed by atoms with Crippen LogP contribution in [0.1, 0.15) is 33.3 Å². The fourth-order valence-corrected chi connectivity index (χ4v) is 2.56. The van der Waals surface area contributed by atoms with Crippen molar-refractivity contribution in [3.8, 4) is 23.1 Å². The van der Waals surface area contributed by atoms with Crippen LogP contribution in [0.3, 0.4) is 0 Å². The molecule has 0 aliphatic carbocycles. The van der Waals surface area contributed by atoms with Gasteiger partial charge in [-0.1, -0.05) is 50.6 Å². The van der Waals surface area contributed by atoms with Gasteiger partial charge in [-0.2, -0.15) is 4.98 Å². The monoisotopic (exact) mass is 378 g/mol. The van der Waals surface area contributed by atoms with E-state index in [1.54, 1.807) is 4.68 Å². The summed E-state index contributed by atoms with van der Waals surface area (Å²) in [5.41, 5.74) is 3.26. The first-order chi connectivity index (χ1) is 13.3. The number of hydrogen-bond donors (Lipinski definition) is 1. The second-order valence-corrected chi connectivity index (χ2v) is 7.68. The predicted octanol–water partition coefficient (Wildman–Crippen LogP) is 4.63. The van der Waals surface area contributed by atoms with E-state index >= 15 is 0 Å². The molecular weight excluding hydrogens is 352 g/mol. The van der Waals surface area contributed by atoms with Gasteiger partial charge in [-0.15, -0.1) is 5.10 Å². The number of amides is 1.